The number of hydrogen-bond acceptors (Lipinski definition) is 4. The first-order valence-corrected chi connectivity index (χ1v) is 12.2. The predicted octanol–water partition coefficient (Wildman–Crippen LogP) is 7.66. The molecule has 0 aliphatic heterocycles. The number of allylic oxidation sites excluding steroid dienone is 1. The number of carbonyl (C=O) groups excluding carboxylic acids is 1. The van der Waals surface area contributed by atoms with E-state index in [1.807, 2.05) is 51.1 Å². The van der Waals surface area contributed by atoms with E-state index < -0.39 is 4.75 Å². The second-order valence-corrected chi connectivity index (χ2v) is 9.60. The lowest BCUT2D eigenvalue weighted by Crippen LogP contribution is -2.32. The van der Waals surface area contributed by atoms with Crippen molar-refractivity contribution in [2.45, 2.75) is 43.8 Å². The van der Waals surface area contributed by atoms with Crippen LogP contribution < -0.4 is 4.74 Å². The van der Waals surface area contributed by atoms with E-state index in [0.29, 0.717) is 19.6 Å². The molecule has 0 aliphatic rings. The molecule has 0 saturated carbocycles. The molecule has 0 saturated heterocycles. The third-order valence-corrected chi connectivity index (χ3v) is 7.05. The van der Waals surface area contributed by atoms with Crippen LogP contribution in [0.5, 0.6) is 5.75 Å². The summed E-state index contributed by atoms with van der Waals surface area (Å²) >= 11 is 1.53. The average Bonchev–Trinajstić information content (AvgIpc) is 2.85. The summed E-state index contributed by atoms with van der Waals surface area (Å²) < 4.78 is 10.6. The monoisotopic (exact) mass is 460 g/mol. The highest BCUT2D eigenvalue weighted by molar-refractivity contribution is 8.01. The van der Waals surface area contributed by atoms with Crippen molar-refractivity contribution in [2.75, 3.05) is 13.2 Å². The molecule has 0 heterocycles. The van der Waals surface area contributed by atoms with E-state index in [-0.39, 0.29) is 5.97 Å². The molecule has 0 bridgehead atoms. The number of esters is 1. The Labute approximate surface area is 201 Å². The van der Waals surface area contributed by atoms with Gasteiger partial charge in [0.15, 0.2) is 0 Å². The minimum absolute atomic E-state index is 0.171. The molecule has 1 unspecified atom stereocenters. The van der Waals surface area contributed by atoms with Crippen LogP contribution in [0.2, 0.25) is 0 Å². The van der Waals surface area contributed by atoms with Gasteiger partial charge < -0.3 is 9.47 Å². The molecular formula is C29H32O3S. The van der Waals surface area contributed by atoms with Gasteiger partial charge in [-0.05, 0) is 79.8 Å². The molecule has 0 radical (unpaired) electrons. The van der Waals surface area contributed by atoms with Crippen LogP contribution in [0.4, 0.5) is 0 Å². The second-order valence-electron chi connectivity index (χ2n) is 8.02. The molecule has 0 amide bonds. The number of rotatable bonds is 10. The van der Waals surface area contributed by atoms with Crippen LogP contribution in [0.3, 0.4) is 0 Å². The third-order valence-electron chi connectivity index (χ3n) is 5.64. The number of benzene rings is 3. The maximum Gasteiger partial charge on any atom is 0.322 e. The lowest BCUT2D eigenvalue weighted by atomic mass is 10.0. The summed E-state index contributed by atoms with van der Waals surface area (Å²) in [5, 5.41) is 0. The van der Waals surface area contributed by atoms with Crippen molar-refractivity contribution in [2.24, 2.45) is 0 Å². The number of hydrogen-bond donors (Lipinski definition) is 0. The van der Waals surface area contributed by atoms with Crippen LogP contribution in [0.25, 0.3) is 16.7 Å². The maximum absolute atomic E-state index is 12.3. The van der Waals surface area contributed by atoms with Gasteiger partial charge >= 0.3 is 5.97 Å². The first-order chi connectivity index (χ1) is 15.9. The summed E-state index contributed by atoms with van der Waals surface area (Å²) in [6, 6.07) is 26.9. The van der Waals surface area contributed by atoms with Crippen LogP contribution in [0, 0.1) is 0 Å². The van der Waals surface area contributed by atoms with Gasteiger partial charge in [-0.2, -0.15) is 0 Å². The zero-order valence-corrected chi connectivity index (χ0v) is 20.7. The van der Waals surface area contributed by atoms with Crippen molar-refractivity contribution in [1.82, 2.24) is 0 Å². The van der Waals surface area contributed by atoms with E-state index >= 15 is 0 Å². The lowest BCUT2D eigenvalue weighted by molar-refractivity contribution is -0.145. The van der Waals surface area contributed by atoms with Crippen molar-refractivity contribution >= 4 is 23.3 Å². The minimum Gasteiger partial charge on any atom is -0.490 e. The smallest absolute Gasteiger partial charge is 0.322 e. The zero-order valence-electron chi connectivity index (χ0n) is 19.8. The fourth-order valence-corrected chi connectivity index (χ4v) is 4.42. The van der Waals surface area contributed by atoms with Crippen LogP contribution >= 0.6 is 11.8 Å². The maximum atomic E-state index is 12.3. The van der Waals surface area contributed by atoms with Gasteiger partial charge in [-0.25, -0.2) is 0 Å². The summed E-state index contributed by atoms with van der Waals surface area (Å²) in [6.45, 7) is 8.76. The minimum atomic E-state index is -0.589. The highest BCUT2D eigenvalue weighted by atomic mass is 32.2. The number of thioether (sulfide) groups is 1. The Morgan fingerprint density at radius 2 is 1.55 bits per heavy atom. The van der Waals surface area contributed by atoms with Gasteiger partial charge in [-0.1, -0.05) is 61.5 Å². The Morgan fingerprint density at radius 3 is 2.15 bits per heavy atom. The van der Waals surface area contributed by atoms with E-state index in [9.17, 15) is 4.79 Å². The van der Waals surface area contributed by atoms with Crippen molar-refractivity contribution in [1.29, 1.82) is 0 Å². The molecule has 0 spiro atoms. The highest BCUT2D eigenvalue weighted by Gasteiger charge is 2.34. The molecule has 3 nitrogen and oxygen atoms in total. The lowest BCUT2D eigenvalue weighted by Gasteiger charge is -2.25. The Kier molecular flexibility index (Phi) is 8.79. The normalized spacial score (nSPS) is 13.3. The summed E-state index contributed by atoms with van der Waals surface area (Å²) in [7, 11) is 0. The van der Waals surface area contributed by atoms with Crippen LogP contribution in [-0.2, 0) is 9.53 Å². The second kappa shape index (κ2) is 11.8. The van der Waals surface area contributed by atoms with Gasteiger partial charge in [0.05, 0.1) is 6.61 Å². The number of ether oxygens (including phenoxy) is 2. The van der Waals surface area contributed by atoms with Crippen molar-refractivity contribution in [3.05, 3.63) is 90.5 Å². The van der Waals surface area contributed by atoms with Gasteiger partial charge in [0.1, 0.15) is 17.1 Å². The summed E-state index contributed by atoms with van der Waals surface area (Å²) in [5.74, 6) is 0.632. The Balaban J connectivity index is 1.56. The highest BCUT2D eigenvalue weighted by Crippen LogP contribution is 2.37. The summed E-state index contributed by atoms with van der Waals surface area (Å²) in [6.07, 6.45) is 2.79. The van der Waals surface area contributed by atoms with Crippen molar-refractivity contribution in [3.63, 3.8) is 0 Å². The van der Waals surface area contributed by atoms with E-state index in [1.165, 1.54) is 34.0 Å². The summed E-state index contributed by atoms with van der Waals surface area (Å²) in [4.78, 5) is 13.3. The standard InChI is InChI=1S/C29H32O3S/c1-5-29(4,28(30)31-6-2)33-27-18-16-26(17-19-27)32-21-20-22(3)23-12-14-25(15-13-23)24-10-8-7-9-11-24/h7-20H,5-6,21H2,1-4H3. The SMILES string of the molecule is CCOC(=O)C(C)(CC)Sc1ccc(OCC=C(C)c2ccc(-c3ccccc3)cc2)cc1. The first-order valence-electron chi connectivity index (χ1n) is 11.4. The molecular weight excluding hydrogens is 428 g/mol. The zero-order chi connectivity index (χ0) is 23.7. The van der Waals surface area contributed by atoms with E-state index in [0.717, 1.165) is 10.6 Å². The quantitative estimate of drug-likeness (QED) is 0.230. The van der Waals surface area contributed by atoms with E-state index in [4.69, 9.17) is 9.47 Å². The molecule has 0 N–H and O–H groups in total. The fourth-order valence-electron chi connectivity index (χ4n) is 3.34. The van der Waals surface area contributed by atoms with Gasteiger partial charge in [-0.15, -0.1) is 11.8 Å². The Bertz CT molecular complexity index is 1060. The van der Waals surface area contributed by atoms with Crippen LogP contribution in [0.1, 0.15) is 39.7 Å². The topological polar surface area (TPSA) is 35.5 Å². The molecule has 0 aliphatic carbocycles. The van der Waals surface area contributed by atoms with Gasteiger partial charge in [0.25, 0.3) is 0 Å². The molecule has 4 heteroatoms. The Hall–Kier alpha value is -2.98. The van der Waals surface area contributed by atoms with Gasteiger partial charge in [0, 0.05) is 4.90 Å². The van der Waals surface area contributed by atoms with Gasteiger partial charge in [-0.3, -0.25) is 4.79 Å². The largest absolute Gasteiger partial charge is 0.490 e. The Morgan fingerprint density at radius 1 is 0.909 bits per heavy atom. The molecule has 172 valence electrons. The molecule has 33 heavy (non-hydrogen) atoms. The van der Waals surface area contributed by atoms with Crippen LogP contribution in [-0.4, -0.2) is 23.9 Å². The molecule has 3 rings (SSSR count). The fraction of sp³-hybridized carbons (Fsp3) is 0.276. The molecule has 0 fully saturated rings. The third kappa shape index (κ3) is 6.75. The number of carbonyl (C=O) groups is 1. The van der Waals surface area contributed by atoms with Crippen molar-refractivity contribution in [3.8, 4) is 16.9 Å². The predicted molar refractivity (Wildman–Crippen MR) is 139 cm³/mol. The molecule has 1 atom stereocenters. The molecule has 0 aromatic heterocycles. The summed E-state index contributed by atoms with van der Waals surface area (Å²) in [5.41, 5.74) is 4.79. The molecule has 3 aromatic rings. The molecule has 3 aromatic carbocycles. The average molecular weight is 461 g/mol. The van der Waals surface area contributed by atoms with Crippen molar-refractivity contribution < 1.29 is 14.3 Å². The van der Waals surface area contributed by atoms with E-state index in [1.54, 1.807) is 0 Å². The van der Waals surface area contributed by atoms with Crippen LogP contribution in [0.15, 0.2) is 89.8 Å². The first kappa shape index (κ1) is 24.7. The van der Waals surface area contributed by atoms with Gasteiger partial charge in [0.2, 0.25) is 0 Å². The van der Waals surface area contributed by atoms with E-state index in [2.05, 4.69) is 61.5 Å².